The Bertz CT molecular complexity index is 826. The normalized spacial score (nSPS) is 20.1. The summed E-state index contributed by atoms with van der Waals surface area (Å²) in [7, 11) is 2.13. The van der Waals surface area contributed by atoms with Crippen molar-refractivity contribution in [3.8, 4) is 0 Å². The molecule has 1 aromatic heterocycles. The fraction of sp³-hybridized carbons (Fsp3) is 0.350. The second kappa shape index (κ2) is 6.88. The smallest absolute Gasteiger partial charge is 0.233 e. The van der Waals surface area contributed by atoms with Gasteiger partial charge < -0.3 is 15.1 Å². The van der Waals surface area contributed by atoms with E-state index in [0.717, 1.165) is 37.4 Å². The molecule has 1 amide bonds. The van der Waals surface area contributed by atoms with E-state index >= 15 is 0 Å². The van der Waals surface area contributed by atoms with Crippen molar-refractivity contribution in [1.82, 2.24) is 9.88 Å². The number of hydrogen-bond acceptors (Lipinski definition) is 5. The fourth-order valence-electron chi connectivity index (χ4n) is 3.62. The predicted molar refractivity (Wildman–Crippen MR) is 101 cm³/mol. The monoisotopic (exact) mass is 350 g/mol. The van der Waals surface area contributed by atoms with Crippen molar-refractivity contribution in [1.29, 1.82) is 0 Å². The molecule has 0 saturated carbocycles. The molecule has 2 aromatic rings. The summed E-state index contributed by atoms with van der Waals surface area (Å²) in [6.07, 6.45) is 2.03. The highest BCUT2D eigenvalue weighted by atomic mass is 16.2. The largest absolute Gasteiger partial charge is 0.368 e. The summed E-state index contributed by atoms with van der Waals surface area (Å²) < 4.78 is 0. The molecule has 134 valence electrons. The van der Waals surface area contributed by atoms with E-state index in [9.17, 15) is 9.59 Å². The minimum Gasteiger partial charge on any atom is -0.368 e. The van der Waals surface area contributed by atoms with E-state index in [2.05, 4.69) is 27.1 Å². The Morgan fingerprint density at radius 1 is 1.12 bits per heavy atom. The van der Waals surface area contributed by atoms with Crippen LogP contribution in [0.1, 0.15) is 28.3 Å². The highest BCUT2D eigenvalue weighted by molar-refractivity contribution is 6.09. The Hall–Kier alpha value is -2.73. The molecule has 0 radical (unpaired) electrons. The number of ketones is 1. The number of anilines is 2. The first-order valence-electron chi connectivity index (χ1n) is 8.94. The van der Waals surface area contributed by atoms with Gasteiger partial charge in [0.25, 0.3) is 0 Å². The molecule has 26 heavy (non-hydrogen) atoms. The third kappa shape index (κ3) is 3.20. The first-order valence-corrected chi connectivity index (χ1v) is 8.94. The molecule has 0 spiro atoms. The zero-order valence-electron chi connectivity index (χ0n) is 14.8. The number of aromatic nitrogens is 1. The van der Waals surface area contributed by atoms with Crippen LogP contribution in [0.15, 0.2) is 42.6 Å². The standard InChI is InChI=1S/C20H22N4O2/c1-23-8-10-24(11-9-23)14-6-7-19(21-13-14)22-20(26)17-12-18(25)16-5-3-2-4-15(16)17/h2-7,13,17H,8-12H2,1H3,(H,21,22,26). The molecule has 1 aliphatic carbocycles. The molecule has 6 heteroatoms. The molecular formula is C20H22N4O2. The van der Waals surface area contributed by atoms with Gasteiger partial charge in [-0.15, -0.1) is 0 Å². The summed E-state index contributed by atoms with van der Waals surface area (Å²) in [5.74, 6) is -0.0650. The van der Waals surface area contributed by atoms with Crippen molar-refractivity contribution in [2.75, 3.05) is 43.4 Å². The summed E-state index contributed by atoms with van der Waals surface area (Å²) >= 11 is 0. The topological polar surface area (TPSA) is 65.5 Å². The molecule has 2 heterocycles. The number of likely N-dealkylation sites (N-methyl/N-ethyl adjacent to an activating group) is 1. The summed E-state index contributed by atoms with van der Waals surface area (Å²) in [5.41, 5.74) is 2.53. The van der Waals surface area contributed by atoms with Crippen LogP contribution < -0.4 is 10.2 Å². The minimum absolute atomic E-state index is 0.0270. The number of nitrogens with one attached hydrogen (secondary N) is 1. The summed E-state index contributed by atoms with van der Waals surface area (Å²) in [4.78, 5) is 33.7. The molecule has 1 atom stereocenters. The number of benzene rings is 1. The van der Waals surface area contributed by atoms with E-state index in [0.29, 0.717) is 11.4 Å². The molecule has 6 nitrogen and oxygen atoms in total. The molecule has 1 unspecified atom stereocenters. The predicted octanol–water partition coefficient (Wildman–Crippen LogP) is 2.14. The Morgan fingerprint density at radius 2 is 1.88 bits per heavy atom. The van der Waals surface area contributed by atoms with Gasteiger partial charge in [-0.05, 0) is 24.7 Å². The van der Waals surface area contributed by atoms with E-state index in [4.69, 9.17) is 0 Å². The first kappa shape index (κ1) is 16.7. The molecule has 1 fully saturated rings. The summed E-state index contributed by atoms with van der Waals surface area (Å²) in [6.45, 7) is 4.02. The van der Waals surface area contributed by atoms with Crippen LogP contribution >= 0.6 is 0 Å². The van der Waals surface area contributed by atoms with Crippen LogP contribution in [-0.2, 0) is 4.79 Å². The minimum atomic E-state index is -0.433. The molecule has 1 aromatic carbocycles. The average molecular weight is 350 g/mol. The van der Waals surface area contributed by atoms with Crippen LogP contribution in [0, 0.1) is 0 Å². The Balaban J connectivity index is 1.43. The highest BCUT2D eigenvalue weighted by Gasteiger charge is 2.34. The maximum absolute atomic E-state index is 12.6. The van der Waals surface area contributed by atoms with Crippen molar-refractivity contribution in [3.63, 3.8) is 0 Å². The lowest BCUT2D eigenvalue weighted by molar-refractivity contribution is -0.117. The van der Waals surface area contributed by atoms with Gasteiger partial charge >= 0.3 is 0 Å². The van der Waals surface area contributed by atoms with Gasteiger partial charge in [0.2, 0.25) is 5.91 Å². The average Bonchev–Trinajstić information content (AvgIpc) is 3.00. The van der Waals surface area contributed by atoms with Gasteiger partial charge in [0, 0.05) is 38.2 Å². The molecule has 1 aliphatic heterocycles. The zero-order valence-corrected chi connectivity index (χ0v) is 14.8. The number of amides is 1. The van der Waals surface area contributed by atoms with Crippen molar-refractivity contribution in [2.45, 2.75) is 12.3 Å². The van der Waals surface area contributed by atoms with Crippen LogP contribution in [-0.4, -0.2) is 54.8 Å². The number of rotatable bonds is 3. The number of pyridine rings is 1. The SMILES string of the molecule is CN1CCN(c2ccc(NC(=O)C3CC(=O)c4ccccc43)nc2)CC1. The van der Waals surface area contributed by atoms with Crippen LogP contribution in [0.4, 0.5) is 11.5 Å². The van der Waals surface area contributed by atoms with Crippen molar-refractivity contribution >= 4 is 23.2 Å². The number of carbonyl (C=O) groups is 2. The quantitative estimate of drug-likeness (QED) is 0.919. The lowest BCUT2D eigenvalue weighted by Gasteiger charge is -2.33. The maximum Gasteiger partial charge on any atom is 0.233 e. The van der Waals surface area contributed by atoms with Gasteiger partial charge in [-0.2, -0.15) is 0 Å². The van der Waals surface area contributed by atoms with E-state index in [1.807, 2.05) is 30.3 Å². The summed E-state index contributed by atoms with van der Waals surface area (Å²) in [5, 5.41) is 2.85. The fourth-order valence-corrected chi connectivity index (χ4v) is 3.62. The van der Waals surface area contributed by atoms with E-state index in [1.54, 1.807) is 12.3 Å². The molecule has 0 bridgehead atoms. The van der Waals surface area contributed by atoms with Gasteiger partial charge in [-0.25, -0.2) is 4.98 Å². The zero-order chi connectivity index (χ0) is 18.1. The third-order valence-electron chi connectivity index (χ3n) is 5.21. The van der Waals surface area contributed by atoms with Gasteiger partial charge in [-0.3, -0.25) is 9.59 Å². The molecular weight excluding hydrogens is 328 g/mol. The number of hydrogen-bond donors (Lipinski definition) is 1. The number of Topliss-reactive ketones (excluding diaryl/α,β-unsaturated/α-hetero) is 1. The lowest BCUT2D eigenvalue weighted by atomic mass is 10.0. The second-order valence-electron chi connectivity index (χ2n) is 6.95. The van der Waals surface area contributed by atoms with Crippen LogP contribution in [0.2, 0.25) is 0 Å². The number of carbonyl (C=O) groups excluding carboxylic acids is 2. The van der Waals surface area contributed by atoms with Crippen LogP contribution in [0.25, 0.3) is 0 Å². The van der Waals surface area contributed by atoms with E-state index in [1.165, 1.54) is 0 Å². The molecule has 1 saturated heterocycles. The Kier molecular flexibility index (Phi) is 4.42. The van der Waals surface area contributed by atoms with Crippen molar-refractivity contribution < 1.29 is 9.59 Å². The number of nitrogens with zero attached hydrogens (tertiary/aromatic N) is 3. The van der Waals surface area contributed by atoms with Gasteiger partial charge in [0.1, 0.15) is 5.82 Å². The van der Waals surface area contributed by atoms with Crippen LogP contribution in [0.3, 0.4) is 0 Å². The van der Waals surface area contributed by atoms with Gasteiger partial charge in [0.05, 0.1) is 17.8 Å². The second-order valence-corrected chi connectivity index (χ2v) is 6.95. The Morgan fingerprint density at radius 3 is 2.62 bits per heavy atom. The molecule has 4 rings (SSSR count). The highest BCUT2D eigenvalue weighted by Crippen LogP contribution is 2.33. The number of piperazine rings is 1. The maximum atomic E-state index is 12.6. The Labute approximate surface area is 152 Å². The number of fused-ring (bicyclic) bond motifs is 1. The summed E-state index contributed by atoms with van der Waals surface area (Å²) in [6, 6.07) is 11.1. The van der Waals surface area contributed by atoms with E-state index < -0.39 is 5.92 Å². The van der Waals surface area contributed by atoms with E-state index in [-0.39, 0.29) is 18.1 Å². The lowest BCUT2D eigenvalue weighted by Crippen LogP contribution is -2.44. The third-order valence-corrected chi connectivity index (χ3v) is 5.21. The van der Waals surface area contributed by atoms with Crippen molar-refractivity contribution in [2.24, 2.45) is 0 Å². The van der Waals surface area contributed by atoms with Gasteiger partial charge in [-0.1, -0.05) is 24.3 Å². The van der Waals surface area contributed by atoms with Crippen molar-refractivity contribution in [3.05, 3.63) is 53.7 Å². The molecule has 1 N–H and O–H groups in total. The van der Waals surface area contributed by atoms with Crippen LogP contribution in [0.5, 0.6) is 0 Å². The first-order chi connectivity index (χ1) is 12.6. The molecule has 2 aliphatic rings. The van der Waals surface area contributed by atoms with Gasteiger partial charge in [0.15, 0.2) is 5.78 Å².